The summed E-state index contributed by atoms with van der Waals surface area (Å²) >= 11 is 0. The summed E-state index contributed by atoms with van der Waals surface area (Å²) in [4.78, 5) is 12.3. The normalized spacial score (nSPS) is 16.9. The number of hydrogen-bond donors (Lipinski definition) is 1. The van der Waals surface area contributed by atoms with Crippen LogP contribution in [-0.4, -0.2) is 22.2 Å². The number of carbonyl (C=O) groups is 1. The largest absolute Gasteiger partial charge is 0.355 e. The lowest BCUT2D eigenvalue weighted by molar-refractivity contribution is -0.120. The van der Waals surface area contributed by atoms with Crippen LogP contribution < -0.4 is 5.32 Å². The molecule has 1 amide bonds. The van der Waals surface area contributed by atoms with E-state index >= 15 is 0 Å². The van der Waals surface area contributed by atoms with Crippen LogP contribution in [0.2, 0.25) is 0 Å². The van der Waals surface area contributed by atoms with Crippen LogP contribution in [0.15, 0.2) is 24.3 Å². The number of carbonyl (C=O) groups excluding carboxylic acids is 1. The van der Waals surface area contributed by atoms with E-state index < -0.39 is 0 Å². The second-order valence-electron chi connectivity index (χ2n) is 6.54. The third-order valence-corrected chi connectivity index (χ3v) is 5.04. The highest BCUT2D eigenvalue weighted by Crippen LogP contribution is 2.30. The number of hydrogen-bond acceptors (Lipinski definition) is 2. The van der Waals surface area contributed by atoms with E-state index in [0.29, 0.717) is 12.3 Å². The van der Waals surface area contributed by atoms with Crippen molar-refractivity contribution in [1.29, 1.82) is 0 Å². The number of rotatable bonds is 4. The minimum atomic E-state index is 0.0901. The summed E-state index contributed by atoms with van der Waals surface area (Å²) in [6.07, 6.45) is 3.94. The molecule has 1 unspecified atom stereocenters. The van der Waals surface area contributed by atoms with E-state index in [0.717, 1.165) is 36.3 Å². The number of fused-ring (bicyclic) bond motifs is 1. The first kappa shape index (κ1) is 15.8. The smallest absolute Gasteiger partial charge is 0.224 e. The zero-order valence-electron chi connectivity index (χ0n) is 14.2. The van der Waals surface area contributed by atoms with Crippen molar-refractivity contribution in [2.24, 2.45) is 7.05 Å². The minimum absolute atomic E-state index is 0.0901. The first-order chi connectivity index (χ1) is 11.1. The maximum absolute atomic E-state index is 12.3. The van der Waals surface area contributed by atoms with Gasteiger partial charge in [-0.05, 0) is 44.2 Å². The van der Waals surface area contributed by atoms with Crippen LogP contribution in [0.3, 0.4) is 0 Å². The lowest BCUT2D eigenvalue weighted by atomic mass is 9.83. The van der Waals surface area contributed by atoms with Crippen LogP contribution >= 0.6 is 0 Å². The van der Waals surface area contributed by atoms with Crippen molar-refractivity contribution in [3.8, 4) is 0 Å². The second-order valence-corrected chi connectivity index (χ2v) is 6.54. The first-order valence-corrected chi connectivity index (χ1v) is 8.40. The van der Waals surface area contributed by atoms with Crippen molar-refractivity contribution in [3.05, 3.63) is 52.3 Å². The van der Waals surface area contributed by atoms with Gasteiger partial charge in [-0.1, -0.05) is 24.3 Å². The van der Waals surface area contributed by atoms with Gasteiger partial charge in [-0.25, -0.2) is 0 Å². The molecule has 1 aliphatic carbocycles. The summed E-state index contributed by atoms with van der Waals surface area (Å²) < 4.78 is 1.84. The lowest BCUT2D eigenvalue weighted by Gasteiger charge is -2.25. The maximum atomic E-state index is 12.3. The number of aryl methyl sites for hydroxylation is 3. The molecule has 2 aromatic rings. The van der Waals surface area contributed by atoms with Gasteiger partial charge in [-0.2, -0.15) is 5.10 Å². The molecule has 3 rings (SSSR count). The Morgan fingerprint density at radius 1 is 1.35 bits per heavy atom. The van der Waals surface area contributed by atoms with Crippen LogP contribution in [0.1, 0.15) is 46.8 Å². The van der Waals surface area contributed by atoms with Crippen molar-refractivity contribution < 1.29 is 4.79 Å². The lowest BCUT2D eigenvalue weighted by Crippen LogP contribution is -2.31. The molecular formula is C19H25N3O. The topological polar surface area (TPSA) is 46.9 Å². The molecule has 0 radical (unpaired) electrons. The van der Waals surface area contributed by atoms with Crippen LogP contribution in [0.25, 0.3) is 0 Å². The average molecular weight is 311 g/mol. The Balaban J connectivity index is 1.62. The highest BCUT2D eigenvalue weighted by molar-refractivity contribution is 5.79. The summed E-state index contributed by atoms with van der Waals surface area (Å²) in [5.74, 6) is 0.534. The Kier molecular flexibility index (Phi) is 4.51. The molecule has 4 heteroatoms. The molecule has 0 aliphatic heterocycles. The maximum Gasteiger partial charge on any atom is 0.224 e. The van der Waals surface area contributed by atoms with Gasteiger partial charge >= 0.3 is 0 Å². The van der Waals surface area contributed by atoms with Gasteiger partial charge in [0.15, 0.2) is 0 Å². The molecule has 122 valence electrons. The summed E-state index contributed by atoms with van der Waals surface area (Å²) in [6, 6.07) is 8.63. The Morgan fingerprint density at radius 2 is 2.13 bits per heavy atom. The van der Waals surface area contributed by atoms with Gasteiger partial charge in [-0.15, -0.1) is 0 Å². The van der Waals surface area contributed by atoms with Crippen molar-refractivity contribution in [2.75, 3.05) is 6.54 Å². The highest BCUT2D eigenvalue weighted by Gasteiger charge is 2.21. The molecular weight excluding hydrogens is 286 g/mol. The first-order valence-electron chi connectivity index (χ1n) is 8.40. The number of benzene rings is 1. The number of amides is 1. The van der Waals surface area contributed by atoms with E-state index in [-0.39, 0.29) is 5.91 Å². The molecule has 0 bridgehead atoms. The SMILES string of the molecule is Cc1nn(C)c(C)c1CC(=O)NCC1CCCc2ccccc21. The van der Waals surface area contributed by atoms with Crippen LogP contribution in [-0.2, 0) is 24.7 Å². The van der Waals surface area contributed by atoms with E-state index in [1.165, 1.54) is 17.5 Å². The zero-order valence-corrected chi connectivity index (χ0v) is 14.2. The summed E-state index contributed by atoms with van der Waals surface area (Å²) in [6.45, 7) is 4.71. The van der Waals surface area contributed by atoms with Gasteiger partial charge in [0.05, 0.1) is 12.1 Å². The fraction of sp³-hybridized carbons (Fsp3) is 0.474. The molecule has 0 saturated heterocycles. The fourth-order valence-electron chi connectivity index (χ4n) is 3.60. The monoisotopic (exact) mass is 311 g/mol. The van der Waals surface area contributed by atoms with Gasteiger partial charge < -0.3 is 5.32 Å². The molecule has 0 spiro atoms. The quantitative estimate of drug-likeness (QED) is 0.944. The number of aromatic nitrogens is 2. The fourth-order valence-corrected chi connectivity index (χ4v) is 3.60. The predicted molar refractivity (Wildman–Crippen MR) is 91.5 cm³/mol. The zero-order chi connectivity index (χ0) is 16.4. The third kappa shape index (κ3) is 3.31. The summed E-state index contributed by atoms with van der Waals surface area (Å²) in [5.41, 5.74) is 5.92. The van der Waals surface area contributed by atoms with Gasteiger partial charge in [0.1, 0.15) is 0 Å². The molecule has 1 heterocycles. The highest BCUT2D eigenvalue weighted by atomic mass is 16.1. The Hall–Kier alpha value is -2.10. The Labute approximate surface area is 137 Å². The van der Waals surface area contributed by atoms with E-state index in [1.807, 2.05) is 25.6 Å². The molecule has 1 atom stereocenters. The standard InChI is InChI=1S/C19H25N3O/c1-13-18(14(2)22(3)21-13)11-19(23)20-12-16-9-6-8-15-7-4-5-10-17(15)16/h4-5,7,10,16H,6,8-9,11-12H2,1-3H3,(H,20,23). The van der Waals surface area contributed by atoms with Crippen molar-refractivity contribution in [2.45, 2.75) is 45.4 Å². The van der Waals surface area contributed by atoms with E-state index in [1.54, 1.807) is 0 Å². The molecule has 1 aromatic carbocycles. The molecule has 4 nitrogen and oxygen atoms in total. The summed E-state index contributed by atoms with van der Waals surface area (Å²) in [7, 11) is 1.92. The molecule has 0 saturated carbocycles. The molecule has 1 aliphatic rings. The van der Waals surface area contributed by atoms with Gasteiger partial charge in [-0.3, -0.25) is 9.48 Å². The number of nitrogens with zero attached hydrogens (tertiary/aromatic N) is 2. The molecule has 23 heavy (non-hydrogen) atoms. The van der Waals surface area contributed by atoms with Crippen LogP contribution in [0, 0.1) is 13.8 Å². The molecule has 1 aromatic heterocycles. The second kappa shape index (κ2) is 6.57. The van der Waals surface area contributed by atoms with Gasteiger partial charge in [0.25, 0.3) is 0 Å². The Morgan fingerprint density at radius 3 is 2.87 bits per heavy atom. The predicted octanol–water partition coefficient (Wildman–Crippen LogP) is 2.82. The van der Waals surface area contributed by atoms with Crippen molar-refractivity contribution in [1.82, 2.24) is 15.1 Å². The van der Waals surface area contributed by atoms with Gasteiger partial charge in [0, 0.05) is 30.8 Å². The Bertz CT molecular complexity index is 717. The minimum Gasteiger partial charge on any atom is -0.355 e. The number of nitrogens with one attached hydrogen (secondary N) is 1. The average Bonchev–Trinajstić information content (AvgIpc) is 2.79. The van der Waals surface area contributed by atoms with E-state index in [4.69, 9.17) is 0 Å². The van der Waals surface area contributed by atoms with E-state index in [9.17, 15) is 4.79 Å². The van der Waals surface area contributed by atoms with Crippen LogP contribution in [0.5, 0.6) is 0 Å². The third-order valence-electron chi connectivity index (χ3n) is 5.04. The van der Waals surface area contributed by atoms with Crippen molar-refractivity contribution >= 4 is 5.91 Å². The van der Waals surface area contributed by atoms with E-state index in [2.05, 4.69) is 34.7 Å². The summed E-state index contributed by atoms with van der Waals surface area (Å²) in [5, 5.41) is 7.51. The molecule has 0 fully saturated rings. The van der Waals surface area contributed by atoms with Crippen molar-refractivity contribution in [3.63, 3.8) is 0 Å². The van der Waals surface area contributed by atoms with Crippen LogP contribution in [0.4, 0.5) is 0 Å². The molecule has 1 N–H and O–H groups in total. The van der Waals surface area contributed by atoms with Gasteiger partial charge in [0.2, 0.25) is 5.91 Å².